The van der Waals surface area contributed by atoms with Crippen molar-refractivity contribution in [3.05, 3.63) is 50.9 Å². The number of pyridine rings is 2. The number of benzene rings is 1. The van der Waals surface area contributed by atoms with E-state index in [9.17, 15) is 14.7 Å². The van der Waals surface area contributed by atoms with Crippen LogP contribution in [0.2, 0.25) is 0 Å². The van der Waals surface area contributed by atoms with Crippen LogP contribution >= 0.6 is 0 Å². The van der Waals surface area contributed by atoms with E-state index in [0.29, 0.717) is 78.5 Å². The molecule has 1 amide bonds. The van der Waals surface area contributed by atoms with Gasteiger partial charge in [-0.05, 0) is 30.2 Å². The molecule has 0 spiro atoms. The number of nitrogens with two attached hydrogens (primary N) is 1. The average molecular weight is 422 g/mol. The predicted molar refractivity (Wildman–Crippen MR) is 114 cm³/mol. The zero-order valence-corrected chi connectivity index (χ0v) is 17.0. The Morgan fingerprint density at radius 1 is 1.19 bits per heavy atom. The minimum absolute atomic E-state index is 0.0823. The van der Waals surface area contributed by atoms with Gasteiger partial charge in [0.15, 0.2) is 0 Å². The van der Waals surface area contributed by atoms with Crippen molar-refractivity contribution >= 4 is 22.6 Å². The molecule has 1 saturated heterocycles. The Balaban J connectivity index is 1.82. The minimum atomic E-state index is -0.600. The number of hydrogen-bond donors (Lipinski definition) is 3. The Hall–Kier alpha value is -3.43. The first-order valence-corrected chi connectivity index (χ1v) is 10.1. The molecule has 9 heteroatoms. The number of amides is 1. The van der Waals surface area contributed by atoms with Crippen molar-refractivity contribution in [2.75, 3.05) is 31.2 Å². The number of nitrogens with zero attached hydrogens (tertiary/aromatic N) is 2. The number of fused-ring (bicyclic) bond motifs is 2. The number of carbonyl (C=O) groups excluding carboxylic acids is 1. The zero-order chi connectivity index (χ0) is 21.7. The van der Waals surface area contributed by atoms with Crippen LogP contribution in [0.4, 0.5) is 5.82 Å². The Labute approximate surface area is 177 Å². The van der Waals surface area contributed by atoms with Crippen molar-refractivity contribution in [3.8, 4) is 16.9 Å². The second-order valence-electron chi connectivity index (χ2n) is 7.80. The maximum atomic E-state index is 12.7. The van der Waals surface area contributed by atoms with Crippen LogP contribution in [0.15, 0.2) is 23.0 Å². The lowest BCUT2D eigenvalue weighted by Gasteiger charge is -2.30. The number of aromatic hydroxyl groups is 1. The van der Waals surface area contributed by atoms with E-state index in [1.807, 2.05) is 11.0 Å². The highest BCUT2D eigenvalue weighted by Gasteiger charge is 2.30. The van der Waals surface area contributed by atoms with E-state index in [2.05, 4.69) is 4.98 Å². The van der Waals surface area contributed by atoms with Gasteiger partial charge >= 0.3 is 0 Å². The summed E-state index contributed by atoms with van der Waals surface area (Å²) in [5, 5.41) is 11.4. The molecular weight excluding hydrogens is 400 g/mol. The summed E-state index contributed by atoms with van der Waals surface area (Å²) >= 11 is 0. The Kier molecular flexibility index (Phi) is 4.64. The number of anilines is 1. The van der Waals surface area contributed by atoms with Crippen LogP contribution < -0.4 is 16.2 Å². The molecule has 0 radical (unpaired) electrons. The van der Waals surface area contributed by atoms with Crippen molar-refractivity contribution in [1.82, 2.24) is 9.97 Å². The molecule has 3 aromatic rings. The number of ether oxygens (including phenoxy) is 2. The largest absolute Gasteiger partial charge is 0.506 e. The first-order chi connectivity index (χ1) is 14.9. The highest BCUT2D eigenvalue weighted by Crippen LogP contribution is 2.41. The van der Waals surface area contributed by atoms with Gasteiger partial charge in [0.1, 0.15) is 11.6 Å². The third-order valence-electron chi connectivity index (χ3n) is 5.83. The first-order valence-electron chi connectivity index (χ1n) is 10.1. The number of aryl methyl sites for hydroxylation is 1. The highest BCUT2D eigenvalue weighted by atomic mass is 16.5. The zero-order valence-electron chi connectivity index (χ0n) is 17.0. The van der Waals surface area contributed by atoms with Crippen LogP contribution in [0.3, 0.4) is 0 Å². The lowest BCUT2D eigenvalue weighted by Crippen LogP contribution is -2.38. The molecule has 0 aliphatic carbocycles. The van der Waals surface area contributed by atoms with E-state index >= 15 is 0 Å². The molecule has 2 aromatic heterocycles. The number of morpholine rings is 1. The Bertz CT molecular complexity index is 1280. The standard InChI is InChI=1S/C22H22N4O5/c1-11-6-17(28)25-20-13(11)7-12(8-16(20)27)18-14-9-31-10-15(14)24-22(19(18)21(23)29)26-2-4-30-5-3-26/h6-8,27H,2-5,9-10H2,1H3,(H2,23,29)(H,25,28). The topological polar surface area (TPSA) is 131 Å². The van der Waals surface area contributed by atoms with Crippen LogP contribution in [-0.2, 0) is 22.7 Å². The Morgan fingerprint density at radius 3 is 2.71 bits per heavy atom. The number of nitrogens with one attached hydrogen (secondary N) is 1. The number of phenols is 1. The number of aromatic nitrogens is 2. The van der Waals surface area contributed by atoms with Gasteiger partial charge in [0, 0.05) is 35.7 Å². The summed E-state index contributed by atoms with van der Waals surface area (Å²) in [4.78, 5) is 34.0. The van der Waals surface area contributed by atoms with Crippen LogP contribution in [0.25, 0.3) is 22.0 Å². The number of phenolic OH excluding ortho intramolecular Hbond substituents is 1. The van der Waals surface area contributed by atoms with Crippen LogP contribution in [0.5, 0.6) is 5.75 Å². The smallest absolute Gasteiger partial charge is 0.253 e. The van der Waals surface area contributed by atoms with Gasteiger partial charge in [-0.15, -0.1) is 0 Å². The lowest BCUT2D eigenvalue weighted by atomic mass is 9.92. The molecule has 0 unspecified atom stereocenters. The molecule has 2 aliphatic heterocycles. The van der Waals surface area contributed by atoms with Crippen LogP contribution in [0.1, 0.15) is 27.2 Å². The van der Waals surface area contributed by atoms with E-state index in [0.717, 1.165) is 11.3 Å². The SMILES string of the molecule is Cc1cc(=O)[nH]c2c(O)cc(-c3c4c(nc(N5CCOCC5)c3C(N)=O)COC4)cc12. The van der Waals surface area contributed by atoms with E-state index < -0.39 is 5.91 Å². The molecule has 31 heavy (non-hydrogen) atoms. The molecule has 1 aromatic carbocycles. The van der Waals surface area contributed by atoms with Crippen molar-refractivity contribution < 1.29 is 19.4 Å². The fraction of sp³-hybridized carbons (Fsp3) is 0.318. The second kappa shape index (κ2) is 7.36. The van der Waals surface area contributed by atoms with Gasteiger partial charge in [0.25, 0.3) is 5.91 Å². The van der Waals surface area contributed by atoms with Crippen LogP contribution in [-0.4, -0.2) is 47.3 Å². The van der Waals surface area contributed by atoms with Crippen molar-refractivity contribution in [2.45, 2.75) is 20.1 Å². The summed E-state index contributed by atoms with van der Waals surface area (Å²) in [7, 11) is 0. The molecule has 9 nitrogen and oxygen atoms in total. The number of hydrogen-bond acceptors (Lipinski definition) is 7. The van der Waals surface area contributed by atoms with E-state index in [1.165, 1.54) is 6.07 Å². The number of aromatic amines is 1. The highest BCUT2D eigenvalue weighted by molar-refractivity contribution is 6.06. The van der Waals surface area contributed by atoms with Gasteiger partial charge < -0.3 is 30.2 Å². The first kappa shape index (κ1) is 19.5. The van der Waals surface area contributed by atoms with Gasteiger partial charge in [0.2, 0.25) is 5.56 Å². The molecule has 0 atom stereocenters. The molecule has 0 bridgehead atoms. The molecule has 2 aliphatic rings. The lowest BCUT2D eigenvalue weighted by molar-refractivity contribution is 0.0998. The minimum Gasteiger partial charge on any atom is -0.506 e. The monoisotopic (exact) mass is 422 g/mol. The molecule has 4 heterocycles. The summed E-state index contributed by atoms with van der Waals surface area (Å²) in [6, 6.07) is 4.87. The number of carbonyl (C=O) groups is 1. The van der Waals surface area contributed by atoms with E-state index in [1.54, 1.807) is 13.0 Å². The van der Waals surface area contributed by atoms with Crippen molar-refractivity contribution in [2.24, 2.45) is 5.73 Å². The summed E-state index contributed by atoms with van der Waals surface area (Å²) in [5.41, 5.74) is 9.70. The third kappa shape index (κ3) is 3.22. The summed E-state index contributed by atoms with van der Waals surface area (Å²) in [6.07, 6.45) is 0. The van der Waals surface area contributed by atoms with Gasteiger partial charge in [0.05, 0.1) is 43.2 Å². The fourth-order valence-electron chi connectivity index (χ4n) is 4.39. The third-order valence-corrected chi connectivity index (χ3v) is 5.83. The van der Waals surface area contributed by atoms with Crippen molar-refractivity contribution in [1.29, 1.82) is 0 Å². The van der Waals surface area contributed by atoms with Gasteiger partial charge in [-0.2, -0.15) is 0 Å². The van der Waals surface area contributed by atoms with E-state index in [4.69, 9.17) is 20.2 Å². The quantitative estimate of drug-likeness (QED) is 0.584. The second-order valence-corrected chi connectivity index (χ2v) is 7.80. The fourth-order valence-corrected chi connectivity index (χ4v) is 4.39. The number of H-pyrrole nitrogens is 1. The Morgan fingerprint density at radius 2 is 1.97 bits per heavy atom. The summed E-state index contributed by atoms with van der Waals surface area (Å²) < 4.78 is 11.1. The molecule has 0 saturated carbocycles. The molecule has 4 N–H and O–H groups in total. The van der Waals surface area contributed by atoms with Gasteiger partial charge in [-0.3, -0.25) is 9.59 Å². The van der Waals surface area contributed by atoms with Crippen LogP contribution in [0, 0.1) is 6.92 Å². The van der Waals surface area contributed by atoms with Crippen molar-refractivity contribution in [3.63, 3.8) is 0 Å². The predicted octanol–water partition coefficient (Wildman–Crippen LogP) is 1.57. The normalized spacial score (nSPS) is 16.0. The molecule has 160 valence electrons. The maximum absolute atomic E-state index is 12.7. The molecular formula is C22H22N4O5. The maximum Gasteiger partial charge on any atom is 0.253 e. The average Bonchev–Trinajstić information content (AvgIpc) is 3.22. The van der Waals surface area contributed by atoms with E-state index in [-0.39, 0.29) is 11.3 Å². The summed E-state index contributed by atoms with van der Waals surface area (Å²) in [6.45, 7) is 4.69. The van der Waals surface area contributed by atoms with Gasteiger partial charge in [-0.1, -0.05) is 0 Å². The van der Waals surface area contributed by atoms with Gasteiger partial charge in [-0.25, -0.2) is 4.98 Å². The molecule has 5 rings (SSSR count). The summed E-state index contributed by atoms with van der Waals surface area (Å²) in [5.74, 6) is -0.176. The number of primary amides is 1. The number of rotatable bonds is 3. The molecule has 1 fully saturated rings.